The third-order valence-corrected chi connectivity index (χ3v) is 4.46. The molecule has 4 heteroatoms. The Morgan fingerprint density at radius 2 is 1.83 bits per heavy atom. The molecule has 1 aliphatic heterocycles. The number of morpholine rings is 1. The van der Waals surface area contributed by atoms with Crippen LogP contribution in [0, 0.1) is 5.82 Å². The lowest BCUT2D eigenvalue weighted by molar-refractivity contribution is -0.154. The standard InChI is InChI=1S/C20H22FNO2/c1-20(2)14-24-18(16-6-4-3-5-7-16)13-22(20)19(23)12-15-8-10-17(21)11-9-15/h3-11,18H,12-14H2,1-2H3. The van der Waals surface area contributed by atoms with Crippen molar-refractivity contribution in [1.82, 2.24) is 4.90 Å². The zero-order chi connectivity index (χ0) is 17.2. The second kappa shape index (κ2) is 6.73. The van der Waals surface area contributed by atoms with E-state index >= 15 is 0 Å². The predicted octanol–water partition coefficient (Wildman–Crippen LogP) is 3.75. The van der Waals surface area contributed by atoms with E-state index in [-0.39, 0.29) is 29.8 Å². The maximum atomic E-state index is 13.0. The average Bonchev–Trinajstić information content (AvgIpc) is 2.57. The Labute approximate surface area is 142 Å². The number of benzene rings is 2. The minimum atomic E-state index is -0.359. The molecule has 0 bridgehead atoms. The fraction of sp³-hybridized carbons (Fsp3) is 0.350. The Morgan fingerprint density at radius 3 is 2.50 bits per heavy atom. The van der Waals surface area contributed by atoms with Crippen LogP contribution in [0.25, 0.3) is 0 Å². The maximum Gasteiger partial charge on any atom is 0.227 e. The van der Waals surface area contributed by atoms with Crippen LogP contribution in [0.1, 0.15) is 31.1 Å². The van der Waals surface area contributed by atoms with Crippen LogP contribution in [-0.4, -0.2) is 29.5 Å². The van der Waals surface area contributed by atoms with Crippen molar-refractivity contribution in [1.29, 1.82) is 0 Å². The van der Waals surface area contributed by atoms with Gasteiger partial charge in [0.1, 0.15) is 11.9 Å². The molecule has 1 aliphatic rings. The highest BCUT2D eigenvalue weighted by Gasteiger charge is 2.38. The van der Waals surface area contributed by atoms with E-state index < -0.39 is 0 Å². The lowest BCUT2D eigenvalue weighted by atomic mass is 9.97. The van der Waals surface area contributed by atoms with Gasteiger partial charge in [-0.05, 0) is 37.1 Å². The SMILES string of the molecule is CC1(C)COC(c2ccccc2)CN1C(=O)Cc1ccc(F)cc1. The quantitative estimate of drug-likeness (QED) is 0.859. The molecule has 0 aromatic heterocycles. The van der Waals surface area contributed by atoms with E-state index in [1.165, 1.54) is 12.1 Å². The Balaban J connectivity index is 1.75. The normalized spacial score (nSPS) is 20.0. The number of halogens is 1. The molecule has 1 atom stereocenters. The first-order valence-electron chi connectivity index (χ1n) is 8.17. The highest BCUT2D eigenvalue weighted by Crippen LogP contribution is 2.30. The number of hydrogen-bond acceptors (Lipinski definition) is 2. The van der Waals surface area contributed by atoms with Crippen molar-refractivity contribution in [2.75, 3.05) is 13.2 Å². The van der Waals surface area contributed by atoms with Crippen LogP contribution in [0.4, 0.5) is 4.39 Å². The van der Waals surface area contributed by atoms with Crippen molar-refractivity contribution in [3.05, 3.63) is 71.5 Å². The average molecular weight is 327 g/mol. The zero-order valence-corrected chi connectivity index (χ0v) is 14.0. The molecule has 126 valence electrons. The summed E-state index contributed by atoms with van der Waals surface area (Å²) in [6, 6.07) is 16.1. The van der Waals surface area contributed by atoms with Gasteiger partial charge >= 0.3 is 0 Å². The zero-order valence-electron chi connectivity index (χ0n) is 14.0. The van der Waals surface area contributed by atoms with Crippen molar-refractivity contribution < 1.29 is 13.9 Å². The van der Waals surface area contributed by atoms with Gasteiger partial charge in [0.15, 0.2) is 0 Å². The van der Waals surface area contributed by atoms with E-state index in [1.54, 1.807) is 12.1 Å². The molecule has 24 heavy (non-hydrogen) atoms. The van der Waals surface area contributed by atoms with Gasteiger partial charge in [0.05, 0.1) is 25.1 Å². The molecule has 2 aromatic carbocycles. The Morgan fingerprint density at radius 1 is 1.17 bits per heavy atom. The molecule has 1 amide bonds. The number of nitrogens with zero attached hydrogens (tertiary/aromatic N) is 1. The number of carbonyl (C=O) groups excluding carboxylic acids is 1. The van der Waals surface area contributed by atoms with Crippen molar-refractivity contribution in [2.24, 2.45) is 0 Å². The van der Waals surface area contributed by atoms with Crippen LogP contribution in [0.15, 0.2) is 54.6 Å². The van der Waals surface area contributed by atoms with E-state index in [4.69, 9.17) is 4.74 Å². The number of hydrogen-bond donors (Lipinski definition) is 0. The summed E-state index contributed by atoms with van der Waals surface area (Å²) in [7, 11) is 0. The predicted molar refractivity (Wildman–Crippen MR) is 91.0 cm³/mol. The number of amides is 1. The summed E-state index contributed by atoms with van der Waals surface area (Å²) >= 11 is 0. The van der Waals surface area contributed by atoms with Crippen molar-refractivity contribution in [3.8, 4) is 0 Å². The summed E-state index contributed by atoms with van der Waals surface area (Å²) in [6.07, 6.45) is 0.155. The van der Waals surface area contributed by atoms with Crippen molar-refractivity contribution in [2.45, 2.75) is 31.9 Å². The minimum absolute atomic E-state index is 0.0378. The summed E-state index contributed by atoms with van der Waals surface area (Å²) in [5.41, 5.74) is 1.54. The molecule has 1 fully saturated rings. The molecule has 1 unspecified atom stereocenters. The van der Waals surface area contributed by atoms with E-state index in [1.807, 2.05) is 49.1 Å². The first-order chi connectivity index (χ1) is 11.5. The van der Waals surface area contributed by atoms with Crippen LogP contribution in [0.3, 0.4) is 0 Å². The highest BCUT2D eigenvalue weighted by molar-refractivity contribution is 5.79. The lowest BCUT2D eigenvalue weighted by Crippen LogP contribution is -2.56. The van der Waals surface area contributed by atoms with E-state index in [2.05, 4.69) is 0 Å². The van der Waals surface area contributed by atoms with E-state index in [9.17, 15) is 9.18 Å². The maximum absolute atomic E-state index is 13.0. The summed E-state index contributed by atoms with van der Waals surface area (Å²) in [5.74, 6) is -0.252. The van der Waals surface area contributed by atoms with Gasteiger partial charge in [-0.3, -0.25) is 4.79 Å². The molecule has 3 rings (SSSR count). The molecule has 0 radical (unpaired) electrons. The topological polar surface area (TPSA) is 29.5 Å². The largest absolute Gasteiger partial charge is 0.369 e. The van der Waals surface area contributed by atoms with Gasteiger partial charge < -0.3 is 9.64 Å². The van der Waals surface area contributed by atoms with Gasteiger partial charge in [-0.2, -0.15) is 0 Å². The Bertz CT molecular complexity index is 697. The van der Waals surface area contributed by atoms with Gasteiger partial charge in [0.25, 0.3) is 0 Å². The summed E-state index contributed by atoms with van der Waals surface area (Å²) in [5, 5.41) is 0. The number of carbonyl (C=O) groups is 1. The fourth-order valence-corrected chi connectivity index (χ4v) is 3.03. The first kappa shape index (κ1) is 16.7. The molecule has 1 saturated heterocycles. The van der Waals surface area contributed by atoms with E-state index in [0.717, 1.165) is 11.1 Å². The van der Waals surface area contributed by atoms with Gasteiger partial charge in [-0.1, -0.05) is 42.5 Å². The van der Waals surface area contributed by atoms with E-state index in [0.29, 0.717) is 13.2 Å². The smallest absolute Gasteiger partial charge is 0.227 e. The van der Waals surface area contributed by atoms with Gasteiger partial charge in [-0.25, -0.2) is 4.39 Å². The van der Waals surface area contributed by atoms with Gasteiger partial charge in [0.2, 0.25) is 5.91 Å². The Kier molecular flexibility index (Phi) is 4.67. The second-order valence-corrected chi connectivity index (χ2v) is 6.83. The van der Waals surface area contributed by atoms with Crippen LogP contribution in [-0.2, 0) is 16.0 Å². The van der Waals surface area contributed by atoms with Crippen LogP contribution >= 0.6 is 0 Å². The summed E-state index contributed by atoms with van der Waals surface area (Å²) < 4.78 is 19.0. The van der Waals surface area contributed by atoms with Crippen molar-refractivity contribution in [3.63, 3.8) is 0 Å². The summed E-state index contributed by atoms with van der Waals surface area (Å²) in [4.78, 5) is 14.7. The van der Waals surface area contributed by atoms with Gasteiger partial charge in [-0.15, -0.1) is 0 Å². The lowest BCUT2D eigenvalue weighted by Gasteiger charge is -2.45. The molecule has 0 aliphatic carbocycles. The highest BCUT2D eigenvalue weighted by atomic mass is 19.1. The van der Waals surface area contributed by atoms with Crippen molar-refractivity contribution >= 4 is 5.91 Å². The molecule has 0 spiro atoms. The van der Waals surface area contributed by atoms with Crippen LogP contribution in [0.5, 0.6) is 0 Å². The number of ether oxygens (including phenoxy) is 1. The Hall–Kier alpha value is -2.20. The molecule has 1 heterocycles. The molecule has 0 saturated carbocycles. The molecule has 0 N–H and O–H groups in total. The number of rotatable bonds is 3. The first-order valence-corrected chi connectivity index (χ1v) is 8.17. The molecule has 2 aromatic rings. The second-order valence-electron chi connectivity index (χ2n) is 6.83. The molecular weight excluding hydrogens is 305 g/mol. The fourth-order valence-electron chi connectivity index (χ4n) is 3.03. The third-order valence-electron chi connectivity index (χ3n) is 4.46. The minimum Gasteiger partial charge on any atom is -0.369 e. The third kappa shape index (κ3) is 3.65. The monoisotopic (exact) mass is 327 g/mol. The molecular formula is C20H22FNO2. The van der Waals surface area contributed by atoms with Crippen LogP contribution < -0.4 is 0 Å². The van der Waals surface area contributed by atoms with Crippen LogP contribution in [0.2, 0.25) is 0 Å². The van der Waals surface area contributed by atoms with Gasteiger partial charge in [0, 0.05) is 0 Å². The molecule has 3 nitrogen and oxygen atoms in total. The summed E-state index contributed by atoms with van der Waals surface area (Å²) in [6.45, 7) is 5.03.